The van der Waals surface area contributed by atoms with E-state index in [0.29, 0.717) is 12.2 Å². The van der Waals surface area contributed by atoms with Crippen molar-refractivity contribution in [2.24, 2.45) is 0 Å². The van der Waals surface area contributed by atoms with E-state index < -0.39 is 11.6 Å². The summed E-state index contributed by atoms with van der Waals surface area (Å²) in [6.45, 7) is 2.10. The van der Waals surface area contributed by atoms with Crippen LogP contribution in [0.4, 0.5) is 8.78 Å². The van der Waals surface area contributed by atoms with Crippen LogP contribution in [0.3, 0.4) is 0 Å². The molecule has 0 atom stereocenters. The Kier molecular flexibility index (Phi) is 3.60. The molecule has 5 heteroatoms. The van der Waals surface area contributed by atoms with Gasteiger partial charge >= 0.3 is 5.97 Å². The molecule has 3 nitrogen and oxygen atoms in total. The van der Waals surface area contributed by atoms with E-state index in [4.69, 9.17) is 4.74 Å². The van der Waals surface area contributed by atoms with Crippen molar-refractivity contribution < 1.29 is 18.3 Å². The van der Waals surface area contributed by atoms with Crippen molar-refractivity contribution in [1.82, 2.24) is 4.57 Å². The largest absolute Gasteiger partial charge is 0.462 e. The third-order valence-electron chi connectivity index (χ3n) is 4.84. The third kappa shape index (κ3) is 2.51. The first-order valence-electron chi connectivity index (χ1n) is 8.29. The Balaban J connectivity index is 1.76. The molecule has 0 radical (unpaired) electrons. The molecule has 4 rings (SSSR count). The second-order valence-corrected chi connectivity index (χ2v) is 6.34. The van der Waals surface area contributed by atoms with Gasteiger partial charge in [0.15, 0.2) is 11.6 Å². The van der Waals surface area contributed by atoms with E-state index in [1.165, 1.54) is 12.1 Å². The summed E-state index contributed by atoms with van der Waals surface area (Å²) >= 11 is 0. The van der Waals surface area contributed by atoms with Crippen LogP contribution in [0.25, 0.3) is 10.9 Å². The Morgan fingerprint density at radius 3 is 2.60 bits per heavy atom. The number of hydrogen-bond acceptors (Lipinski definition) is 2. The monoisotopic (exact) mass is 341 g/mol. The number of carbonyl (C=O) groups is 1. The molecular weight excluding hydrogens is 324 g/mol. The SMILES string of the molecule is CCOC(=O)c1ccc2c(ccn2C2(c3ccc(F)c(F)c3)CC2)c1. The van der Waals surface area contributed by atoms with Gasteiger partial charge in [-0.05, 0) is 61.7 Å². The van der Waals surface area contributed by atoms with Crippen LogP contribution in [-0.2, 0) is 10.3 Å². The number of hydrogen-bond donors (Lipinski definition) is 0. The number of carbonyl (C=O) groups excluding carboxylic acids is 1. The molecule has 1 aromatic heterocycles. The van der Waals surface area contributed by atoms with Crippen LogP contribution in [0.1, 0.15) is 35.7 Å². The first kappa shape index (κ1) is 15.8. The molecule has 128 valence electrons. The topological polar surface area (TPSA) is 31.2 Å². The number of esters is 1. The molecule has 1 aliphatic carbocycles. The Hall–Kier alpha value is -2.69. The molecule has 1 fully saturated rings. The Labute approximate surface area is 143 Å². The van der Waals surface area contributed by atoms with Crippen LogP contribution < -0.4 is 0 Å². The Morgan fingerprint density at radius 2 is 1.92 bits per heavy atom. The van der Waals surface area contributed by atoms with Gasteiger partial charge in [-0.1, -0.05) is 6.07 Å². The minimum absolute atomic E-state index is 0.330. The first-order chi connectivity index (χ1) is 12.0. The number of fused-ring (bicyclic) bond motifs is 1. The molecule has 1 aliphatic rings. The number of nitrogens with zero attached hydrogens (tertiary/aromatic N) is 1. The van der Waals surface area contributed by atoms with E-state index in [0.717, 1.165) is 29.3 Å². The molecule has 3 aromatic rings. The summed E-state index contributed by atoms with van der Waals surface area (Å²) in [4.78, 5) is 11.9. The van der Waals surface area contributed by atoms with Gasteiger partial charge in [-0.25, -0.2) is 13.6 Å². The van der Waals surface area contributed by atoms with Gasteiger partial charge in [-0.15, -0.1) is 0 Å². The minimum Gasteiger partial charge on any atom is -0.462 e. The van der Waals surface area contributed by atoms with Gasteiger partial charge in [0.2, 0.25) is 0 Å². The maximum absolute atomic E-state index is 13.7. The molecule has 1 heterocycles. The molecule has 2 aromatic carbocycles. The Bertz CT molecular complexity index is 973. The van der Waals surface area contributed by atoms with E-state index in [1.54, 1.807) is 25.1 Å². The fourth-order valence-electron chi connectivity index (χ4n) is 3.43. The van der Waals surface area contributed by atoms with Crippen LogP contribution >= 0.6 is 0 Å². The predicted octanol–water partition coefficient (Wildman–Crippen LogP) is 4.63. The van der Waals surface area contributed by atoms with Crippen molar-refractivity contribution in [3.8, 4) is 0 Å². The molecule has 0 bridgehead atoms. The number of halogens is 2. The highest BCUT2D eigenvalue weighted by molar-refractivity contribution is 5.95. The van der Waals surface area contributed by atoms with Crippen LogP contribution in [0.2, 0.25) is 0 Å². The Morgan fingerprint density at radius 1 is 1.12 bits per heavy atom. The normalized spacial score (nSPS) is 15.3. The molecule has 0 saturated heterocycles. The fourth-order valence-corrected chi connectivity index (χ4v) is 3.43. The number of benzene rings is 2. The summed E-state index contributed by atoms with van der Waals surface area (Å²) in [6.07, 6.45) is 3.66. The van der Waals surface area contributed by atoms with Crippen molar-refractivity contribution >= 4 is 16.9 Å². The van der Waals surface area contributed by atoms with Crippen molar-refractivity contribution in [2.75, 3.05) is 6.61 Å². The van der Waals surface area contributed by atoms with E-state index in [9.17, 15) is 13.6 Å². The second-order valence-electron chi connectivity index (χ2n) is 6.34. The van der Waals surface area contributed by atoms with E-state index in [-0.39, 0.29) is 11.5 Å². The lowest BCUT2D eigenvalue weighted by atomic mass is 10.0. The fraction of sp³-hybridized carbons (Fsp3) is 0.250. The maximum Gasteiger partial charge on any atom is 0.338 e. The molecule has 0 amide bonds. The summed E-state index contributed by atoms with van der Waals surface area (Å²) in [5, 5.41) is 0.916. The summed E-state index contributed by atoms with van der Waals surface area (Å²) in [5.74, 6) is -2.01. The van der Waals surface area contributed by atoms with Crippen molar-refractivity contribution in [3.05, 3.63) is 71.4 Å². The second kappa shape index (κ2) is 5.69. The van der Waals surface area contributed by atoms with Gasteiger partial charge < -0.3 is 9.30 Å². The van der Waals surface area contributed by atoms with Gasteiger partial charge in [0.25, 0.3) is 0 Å². The highest BCUT2D eigenvalue weighted by Gasteiger charge is 2.46. The number of ether oxygens (including phenoxy) is 1. The average Bonchev–Trinajstić information content (AvgIpc) is 3.30. The highest BCUT2D eigenvalue weighted by Crippen LogP contribution is 2.51. The maximum atomic E-state index is 13.7. The highest BCUT2D eigenvalue weighted by atomic mass is 19.2. The summed E-state index contributed by atoms with van der Waals surface area (Å²) in [6, 6.07) is 11.4. The standard InChI is InChI=1S/C20H17F2NO2/c1-2-25-19(24)14-3-6-18-13(11-14)7-10-23(18)20(8-9-20)15-4-5-16(21)17(22)12-15/h3-7,10-12H,2,8-9H2,1H3. The molecule has 25 heavy (non-hydrogen) atoms. The lowest BCUT2D eigenvalue weighted by Crippen LogP contribution is -2.18. The van der Waals surface area contributed by atoms with E-state index in [2.05, 4.69) is 4.57 Å². The number of rotatable bonds is 4. The van der Waals surface area contributed by atoms with Gasteiger partial charge in [-0.2, -0.15) is 0 Å². The van der Waals surface area contributed by atoms with Crippen LogP contribution in [0.5, 0.6) is 0 Å². The molecule has 0 unspecified atom stereocenters. The van der Waals surface area contributed by atoms with Gasteiger partial charge in [-0.3, -0.25) is 0 Å². The van der Waals surface area contributed by atoms with Crippen LogP contribution in [0.15, 0.2) is 48.7 Å². The zero-order chi connectivity index (χ0) is 17.6. The third-order valence-corrected chi connectivity index (χ3v) is 4.84. The lowest BCUT2D eigenvalue weighted by Gasteiger charge is -2.20. The van der Waals surface area contributed by atoms with Crippen molar-refractivity contribution in [1.29, 1.82) is 0 Å². The summed E-state index contributed by atoms with van der Waals surface area (Å²) in [7, 11) is 0. The molecule has 0 N–H and O–H groups in total. The quantitative estimate of drug-likeness (QED) is 0.648. The first-order valence-corrected chi connectivity index (χ1v) is 8.29. The zero-order valence-electron chi connectivity index (χ0n) is 13.8. The zero-order valence-corrected chi connectivity index (χ0v) is 13.8. The smallest absolute Gasteiger partial charge is 0.338 e. The summed E-state index contributed by atoms with van der Waals surface area (Å²) < 4.78 is 34.1. The molecule has 0 spiro atoms. The predicted molar refractivity (Wildman–Crippen MR) is 90.6 cm³/mol. The average molecular weight is 341 g/mol. The number of aromatic nitrogens is 1. The minimum atomic E-state index is -0.837. The van der Waals surface area contributed by atoms with Gasteiger partial charge in [0.05, 0.1) is 17.7 Å². The summed E-state index contributed by atoms with van der Waals surface area (Å²) in [5.41, 5.74) is 1.88. The molecular formula is C20H17F2NO2. The lowest BCUT2D eigenvalue weighted by molar-refractivity contribution is 0.0526. The van der Waals surface area contributed by atoms with Crippen molar-refractivity contribution in [2.45, 2.75) is 25.3 Å². The van der Waals surface area contributed by atoms with Gasteiger partial charge in [0.1, 0.15) is 0 Å². The van der Waals surface area contributed by atoms with E-state index >= 15 is 0 Å². The molecule has 1 saturated carbocycles. The van der Waals surface area contributed by atoms with Gasteiger partial charge in [0, 0.05) is 17.1 Å². The molecule has 0 aliphatic heterocycles. The van der Waals surface area contributed by atoms with Crippen LogP contribution in [0, 0.1) is 11.6 Å². The van der Waals surface area contributed by atoms with Crippen LogP contribution in [-0.4, -0.2) is 17.1 Å². The van der Waals surface area contributed by atoms with Crippen molar-refractivity contribution in [3.63, 3.8) is 0 Å². The van der Waals surface area contributed by atoms with E-state index in [1.807, 2.05) is 18.3 Å².